The van der Waals surface area contributed by atoms with E-state index in [9.17, 15) is 9.18 Å². The number of hydrogen-bond donors (Lipinski definition) is 0. The average molecular weight is 237 g/mol. The monoisotopic (exact) mass is 237 g/mol. The zero-order valence-electron chi connectivity index (χ0n) is 8.22. The van der Waals surface area contributed by atoms with Crippen molar-refractivity contribution in [1.29, 1.82) is 0 Å². The van der Waals surface area contributed by atoms with E-state index in [4.69, 9.17) is 4.74 Å². The SMILES string of the molecule is O=Cc1cc(F)ccc1OCc1cncs1. The van der Waals surface area contributed by atoms with Crippen LogP contribution in [0.3, 0.4) is 0 Å². The van der Waals surface area contributed by atoms with Crippen molar-refractivity contribution in [3.8, 4) is 5.75 Å². The Kier molecular flexibility index (Phi) is 3.26. The van der Waals surface area contributed by atoms with Crippen LogP contribution in [-0.4, -0.2) is 11.3 Å². The van der Waals surface area contributed by atoms with Crippen molar-refractivity contribution in [2.24, 2.45) is 0 Å². The number of carbonyl (C=O) groups excluding carboxylic acids is 1. The third-order valence-electron chi connectivity index (χ3n) is 1.95. The van der Waals surface area contributed by atoms with Crippen molar-refractivity contribution < 1.29 is 13.9 Å². The molecule has 3 nitrogen and oxygen atoms in total. The van der Waals surface area contributed by atoms with Gasteiger partial charge < -0.3 is 4.74 Å². The Morgan fingerprint density at radius 1 is 1.50 bits per heavy atom. The molecule has 0 aliphatic heterocycles. The zero-order valence-corrected chi connectivity index (χ0v) is 9.04. The third kappa shape index (κ3) is 2.43. The average Bonchev–Trinajstić information content (AvgIpc) is 2.80. The summed E-state index contributed by atoms with van der Waals surface area (Å²) in [6, 6.07) is 3.85. The maximum absolute atomic E-state index is 12.8. The van der Waals surface area contributed by atoms with Crippen LogP contribution in [0.15, 0.2) is 29.9 Å². The van der Waals surface area contributed by atoms with E-state index in [-0.39, 0.29) is 5.56 Å². The Morgan fingerprint density at radius 3 is 3.06 bits per heavy atom. The van der Waals surface area contributed by atoms with Crippen LogP contribution in [0.1, 0.15) is 15.2 Å². The fourth-order valence-electron chi connectivity index (χ4n) is 1.21. The van der Waals surface area contributed by atoms with Crippen LogP contribution in [0.2, 0.25) is 0 Å². The normalized spacial score (nSPS) is 10.1. The highest BCUT2D eigenvalue weighted by Gasteiger charge is 2.05. The van der Waals surface area contributed by atoms with E-state index in [1.807, 2.05) is 0 Å². The number of ether oxygens (including phenoxy) is 1. The van der Waals surface area contributed by atoms with Crippen molar-refractivity contribution in [1.82, 2.24) is 4.98 Å². The lowest BCUT2D eigenvalue weighted by atomic mass is 10.2. The molecule has 5 heteroatoms. The maximum atomic E-state index is 12.8. The first-order valence-electron chi connectivity index (χ1n) is 4.54. The molecule has 1 aromatic carbocycles. The maximum Gasteiger partial charge on any atom is 0.153 e. The summed E-state index contributed by atoms with van der Waals surface area (Å²) >= 11 is 1.46. The molecule has 1 aromatic heterocycles. The number of carbonyl (C=O) groups is 1. The van der Waals surface area contributed by atoms with E-state index >= 15 is 0 Å². The van der Waals surface area contributed by atoms with Gasteiger partial charge in [0.05, 0.1) is 16.0 Å². The van der Waals surface area contributed by atoms with Crippen LogP contribution in [0, 0.1) is 5.82 Å². The van der Waals surface area contributed by atoms with Crippen molar-refractivity contribution in [2.45, 2.75) is 6.61 Å². The van der Waals surface area contributed by atoms with Crippen LogP contribution in [-0.2, 0) is 6.61 Å². The predicted molar refractivity (Wildman–Crippen MR) is 58.2 cm³/mol. The molecule has 0 aliphatic rings. The van der Waals surface area contributed by atoms with E-state index in [2.05, 4.69) is 4.98 Å². The largest absolute Gasteiger partial charge is 0.487 e. The molecule has 0 N–H and O–H groups in total. The minimum Gasteiger partial charge on any atom is -0.487 e. The molecule has 0 aliphatic carbocycles. The molecule has 0 bridgehead atoms. The summed E-state index contributed by atoms with van der Waals surface area (Å²) in [6.45, 7) is 0.330. The van der Waals surface area contributed by atoms with Crippen molar-refractivity contribution in [3.63, 3.8) is 0 Å². The minimum absolute atomic E-state index is 0.213. The molecule has 16 heavy (non-hydrogen) atoms. The summed E-state index contributed by atoms with van der Waals surface area (Å²) in [5, 5.41) is 0. The van der Waals surface area contributed by atoms with E-state index in [0.29, 0.717) is 18.6 Å². The number of thiazole rings is 1. The third-order valence-corrected chi connectivity index (χ3v) is 2.71. The van der Waals surface area contributed by atoms with Crippen molar-refractivity contribution >= 4 is 17.6 Å². The topological polar surface area (TPSA) is 39.2 Å². The molecule has 0 atom stereocenters. The highest BCUT2D eigenvalue weighted by Crippen LogP contribution is 2.19. The van der Waals surface area contributed by atoms with Gasteiger partial charge in [0.25, 0.3) is 0 Å². The number of benzene rings is 1. The molecule has 0 unspecified atom stereocenters. The van der Waals surface area contributed by atoms with Gasteiger partial charge in [-0.25, -0.2) is 4.39 Å². The van der Waals surface area contributed by atoms with Gasteiger partial charge in [-0.3, -0.25) is 9.78 Å². The number of nitrogens with zero attached hydrogens (tertiary/aromatic N) is 1. The van der Waals surface area contributed by atoms with E-state index < -0.39 is 5.82 Å². The Hall–Kier alpha value is -1.75. The predicted octanol–water partition coefficient (Wildman–Crippen LogP) is 2.67. The lowest BCUT2D eigenvalue weighted by Crippen LogP contribution is -1.97. The second-order valence-corrected chi connectivity index (χ2v) is 4.03. The Labute approximate surface area is 95.5 Å². The van der Waals surface area contributed by atoms with Crippen LogP contribution >= 0.6 is 11.3 Å². The first-order valence-corrected chi connectivity index (χ1v) is 5.42. The second-order valence-electron chi connectivity index (χ2n) is 3.06. The van der Waals surface area contributed by atoms with Gasteiger partial charge in [-0.15, -0.1) is 11.3 Å². The summed E-state index contributed by atoms with van der Waals surface area (Å²) in [6.07, 6.45) is 2.26. The van der Waals surface area contributed by atoms with Gasteiger partial charge in [-0.2, -0.15) is 0 Å². The van der Waals surface area contributed by atoms with Gasteiger partial charge in [0.2, 0.25) is 0 Å². The van der Waals surface area contributed by atoms with E-state index in [1.54, 1.807) is 11.7 Å². The number of hydrogen-bond acceptors (Lipinski definition) is 4. The van der Waals surface area contributed by atoms with Crippen LogP contribution in [0.4, 0.5) is 4.39 Å². The molecule has 2 rings (SSSR count). The molecule has 2 aromatic rings. The Morgan fingerprint density at radius 2 is 2.38 bits per heavy atom. The standard InChI is InChI=1S/C11H8FNO2S/c12-9-1-2-11(8(3-9)5-14)15-6-10-4-13-7-16-10/h1-5,7H,6H2. The van der Waals surface area contributed by atoms with Crippen molar-refractivity contribution in [2.75, 3.05) is 0 Å². The van der Waals surface area contributed by atoms with Crippen LogP contribution in [0.25, 0.3) is 0 Å². The van der Waals surface area contributed by atoms with Gasteiger partial charge in [-0.05, 0) is 18.2 Å². The first kappa shape index (κ1) is 10.8. The Balaban J connectivity index is 2.12. The second kappa shape index (κ2) is 4.85. The summed E-state index contributed by atoms with van der Waals surface area (Å²) in [4.78, 5) is 15.5. The van der Waals surface area contributed by atoms with Gasteiger partial charge in [-0.1, -0.05) is 0 Å². The molecule has 0 amide bonds. The van der Waals surface area contributed by atoms with Gasteiger partial charge in [0, 0.05) is 6.20 Å². The summed E-state index contributed by atoms with van der Waals surface area (Å²) in [5.74, 6) is -0.0722. The molecule has 0 radical (unpaired) electrons. The molecule has 0 saturated carbocycles. The van der Waals surface area contributed by atoms with E-state index in [0.717, 1.165) is 10.9 Å². The summed E-state index contributed by atoms with van der Waals surface area (Å²) < 4.78 is 18.2. The summed E-state index contributed by atoms with van der Waals surface area (Å²) in [5.41, 5.74) is 1.91. The fourth-order valence-corrected chi connectivity index (χ4v) is 1.71. The Bertz CT molecular complexity index is 485. The molecule has 1 heterocycles. The molecular weight excluding hydrogens is 229 g/mol. The first-order chi connectivity index (χ1) is 7.79. The van der Waals surface area contributed by atoms with Gasteiger partial charge in [0.1, 0.15) is 18.2 Å². The highest BCUT2D eigenvalue weighted by molar-refractivity contribution is 7.09. The molecule has 0 saturated heterocycles. The summed E-state index contributed by atoms with van der Waals surface area (Å²) in [7, 11) is 0. The van der Waals surface area contributed by atoms with Gasteiger partial charge >= 0.3 is 0 Å². The van der Waals surface area contributed by atoms with Crippen LogP contribution < -0.4 is 4.74 Å². The number of aldehydes is 1. The lowest BCUT2D eigenvalue weighted by molar-refractivity contribution is 0.111. The quantitative estimate of drug-likeness (QED) is 0.767. The van der Waals surface area contributed by atoms with Crippen molar-refractivity contribution in [3.05, 3.63) is 46.2 Å². The molecular formula is C11H8FNO2S. The minimum atomic E-state index is -0.452. The fraction of sp³-hybridized carbons (Fsp3) is 0.0909. The molecule has 0 spiro atoms. The highest BCUT2D eigenvalue weighted by atomic mass is 32.1. The zero-order chi connectivity index (χ0) is 11.4. The van der Waals surface area contributed by atoms with Gasteiger partial charge in [0.15, 0.2) is 6.29 Å². The molecule has 0 fully saturated rings. The smallest absolute Gasteiger partial charge is 0.153 e. The van der Waals surface area contributed by atoms with Crippen LogP contribution in [0.5, 0.6) is 5.75 Å². The van der Waals surface area contributed by atoms with E-state index in [1.165, 1.54) is 23.5 Å². The number of halogens is 1. The number of aromatic nitrogens is 1. The lowest BCUT2D eigenvalue weighted by Gasteiger charge is -2.06. The molecule has 82 valence electrons. The number of rotatable bonds is 4.